The number of nitrogens with one attached hydrogen (secondary N) is 1. The number of carbonyl (C=O) groups is 1. The predicted octanol–water partition coefficient (Wildman–Crippen LogP) is 1.59. The highest BCUT2D eigenvalue weighted by atomic mass is 31.2. The lowest BCUT2D eigenvalue weighted by molar-refractivity contribution is -0.131. The Bertz CT molecular complexity index is 384. The van der Waals surface area contributed by atoms with Crippen LogP contribution < -0.4 is 5.32 Å². The molecule has 1 amide bonds. The standard InChI is InChI=1S/C12H26NO5P/c1-7-10(2,3)9(14)13-11(4,5)8-12(6,15)19(16,17)18/h15H,7-8H2,1-6H3,(H,13,14)(H2,16,17,18). The zero-order valence-corrected chi connectivity index (χ0v) is 13.4. The molecule has 7 heteroatoms. The van der Waals surface area contributed by atoms with Crippen molar-refractivity contribution in [1.29, 1.82) is 0 Å². The van der Waals surface area contributed by atoms with Gasteiger partial charge in [0, 0.05) is 17.4 Å². The van der Waals surface area contributed by atoms with Gasteiger partial charge < -0.3 is 20.2 Å². The quantitative estimate of drug-likeness (QED) is 0.557. The zero-order chi connectivity index (χ0) is 15.7. The van der Waals surface area contributed by atoms with Gasteiger partial charge in [0.25, 0.3) is 0 Å². The SMILES string of the molecule is CCC(C)(C)C(=O)NC(C)(C)CC(C)(O)P(=O)(O)O. The third kappa shape index (κ3) is 5.22. The Morgan fingerprint density at radius 1 is 1.16 bits per heavy atom. The monoisotopic (exact) mass is 295 g/mol. The molecule has 0 aromatic rings. The van der Waals surface area contributed by atoms with Crippen molar-refractivity contribution >= 4 is 13.5 Å². The molecule has 1 unspecified atom stereocenters. The predicted molar refractivity (Wildman–Crippen MR) is 73.6 cm³/mol. The molecule has 0 heterocycles. The fourth-order valence-electron chi connectivity index (χ4n) is 1.62. The molecule has 0 aliphatic carbocycles. The van der Waals surface area contributed by atoms with Gasteiger partial charge in [0.05, 0.1) is 0 Å². The molecule has 0 fully saturated rings. The largest absolute Gasteiger partial charge is 0.377 e. The van der Waals surface area contributed by atoms with E-state index in [1.165, 1.54) is 0 Å². The zero-order valence-electron chi connectivity index (χ0n) is 12.5. The van der Waals surface area contributed by atoms with Crippen molar-refractivity contribution in [2.24, 2.45) is 5.41 Å². The summed E-state index contributed by atoms with van der Waals surface area (Å²) in [7, 11) is -4.65. The van der Waals surface area contributed by atoms with E-state index in [0.29, 0.717) is 6.42 Å². The third-order valence-corrected chi connectivity index (χ3v) is 4.77. The van der Waals surface area contributed by atoms with Crippen LogP contribution in [0, 0.1) is 5.41 Å². The van der Waals surface area contributed by atoms with Gasteiger partial charge in [-0.2, -0.15) is 0 Å². The molecule has 0 radical (unpaired) electrons. The summed E-state index contributed by atoms with van der Waals surface area (Å²) in [6, 6.07) is 0. The number of carbonyl (C=O) groups excluding carboxylic acids is 1. The molecule has 0 aromatic heterocycles. The van der Waals surface area contributed by atoms with Gasteiger partial charge in [-0.15, -0.1) is 0 Å². The molecular formula is C12H26NO5P. The van der Waals surface area contributed by atoms with Gasteiger partial charge in [0.1, 0.15) is 0 Å². The van der Waals surface area contributed by atoms with Crippen LogP contribution in [0.4, 0.5) is 0 Å². The fourth-order valence-corrected chi connectivity index (χ4v) is 2.22. The first kappa shape index (κ1) is 18.6. The Morgan fingerprint density at radius 3 is 1.89 bits per heavy atom. The van der Waals surface area contributed by atoms with Crippen LogP contribution >= 0.6 is 7.60 Å². The molecule has 0 bridgehead atoms. The van der Waals surface area contributed by atoms with Gasteiger partial charge in [-0.1, -0.05) is 20.8 Å². The van der Waals surface area contributed by atoms with Crippen molar-refractivity contribution in [2.75, 3.05) is 0 Å². The summed E-state index contributed by atoms with van der Waals surface area (Å²) in [5, 5.41) is 10.4. The van der Waals surface area contributed by atoms with E-state index in [4.69, 9.17) is 9.79 Å². The van der Waals surface area contributed by atoms with Crippen LogP contribution in [0.3, 0.4) is 0 Å². The molecule has 19 heavy (non-hydrogen) atoms. The highest BCUT2D eigenvalue weighted by molar-refractivity contribution is 7.53. The van der Waals surface area contributed by atoms with Crippen LogP contribution in [0.2, 0.25) is 0 Å². The van der Waals surface area contributed by atoms with Crippen molar-refractivity contribution in [1.82, 2.24) is 5.32 Å². The highest BCUT2D eigenvalue weighted by Crippen LogP contribution is 2.52. The van der Waals surface area contributed by atoms with E-state index in [9.17, 15) is 14.5 Å². The summed E-state index contributed by atoms with van der Waals surface area (Å²) in [5.74, 6) is -0.207. The van der Waals surface area contributed by atoms with E-state index >= 15 is 0 Å². The van der Waals surface area contributed by atoms with Gasteiger partial charge in [-0.25, -0.2) is 0 Å². The van der Waals surface area contributed by atoms with E-state index in [-0.39, 0.29) is 12.3 Å². The van der Waals surface area contributed by atoms with E-state index in [1.54, 1.807) is 27.7 Å². The van der Waals surface area contributed by atoms with Crippen molar-refractivity contribution in [3.63, 3.8) is 0 Å². The lowest BCUT2D eigenvalue weighted by Crippen LogP contribution is -2.52. The summed E-state index contributed by atoms with van der Waals surface area (Å²) < 4.78 is 11.2. The first-order valence-electron chi connectivity index (χ1n) is 6.25. The van der Waals surface area contributed by atoms with E-state index in [1.807, 2.05) is 6.92 Å². The molecule has 0 aromatic carbocycles. The number of hydrogen-bond donors (Lipinski definition) is 4. The molecule has 0 saturated carbocycles. The maximum Gasteiger partial charge on any atom is 0.356 e. The molecule has 0 aliphatic rings. The molecule has 0 rings (SSSR count). The molecule has 0 spiro atoms. The Balaban J connectivity index is 4.94. The van der Waals surface area contributed by atoms with Crippen molar-refractivity contribution in [3.8, 4) is 0 Å². The Hall–Kier alpha value is -0.420. The topological polar surface area (TPSA) is 107 Å². The smallest absolute Gasteiger partial charge is 0.356 e. The Kier molecular flexibility index (Phi) is 5.40. The van der Waals surface area contributed by atoms with Crippen LogP contribution in [0.5, 0.6) is 0 Å². The maximum atomic E-state index is 12.1. The minimum Gasteiger partial charge on any atom is -0.377 e. The molecule has 114 valence electrons. The van der Waals surface area contributed by atoms with Crippen molar-refractivity contribution < 1.29 is 24.3 Å². The van der Waals surface area contributed by atoms with E-state index in [0.717, 1.165) is 6.92 Å². The van der Waals surface area contributed by atoms with Crippen LogP contribution in [0.25, 0.3) is 0 Å². The summed E-state index contributed by atoms with van der Waals surface area (Å²) in [6.45, 7) is 9.80. The number of hydrogen-bond acceptors (Lipinski definition) is 3. The Labute approximate surface area is 114 Å². The van der Waals surface area contributed by atoms with Crippen molar-refractivity contribution in [2.45, 2.75) is 65.3 Å². The fraction of sp³-hybridized carbons (Fsp3) is 0.917. The van der Waals surface area contributed by atoms with E-state index in [2.05, 4.69) is 5.32 Å². The van der Waals surface area contributed by atoms with Crippen LogP contribution in [0.1, 0.15) is 54.4 Å². The number of rotatable bonds is 6. The molecule has 4 N–H and O–H groups in total. The highest BCUT2D eigenvalue weighted by Gasteiger charge is 2.45. The average molecular weight is 295 g/mol. The maximum absolute atomic E-state index is 12.1. The van der Waals surface area contributed by atoms with Gasteiger partial charge >= 0.3 is 7.60 Å². The minimum atomic E-state index is -4.65. The third-order valence-electron chi connectivity index (χ3n) is 3.35. The summed E-state index contributed by atoms with van der Waals surface area (Å²) in [4.78, 5) is 30.3. The van der Waals surface area contributed by atoms with Gasteiger partial charge in [0.15, 0.2) is 5.34 Å². The lowest BCUT2D eigenvalue weighted by atomic mass is 9.87. The van der Waals surface area contributed by atoms with Gasteiger partial charge in [0.2, 0.25) is 5.91 Å². The summed E-state index contributed by atoms with van der Waals surface area (Å²) >= 11 is 0. The second-order valence-corrected chi connectivity index (χ2v) is 8.56. The first-order valence-corrected chi connectivity index (χ1v) is 7.86. The molecular weight excluding hydrogens is 269 g/mol. The Morgan fingerprint density at radius 2 is 1.58 bits per heavy atom. The second kappa shape index (κ2) is 5.52. The normalized spacial score (nSPS) is 16.9. The second-order valence-electron chi connectivity index (χ2n) is 6.51. The molecule has 6 nitrogen and oxygen atoms in total. The molecule has 0 aliphatic heterocycles. The van der Waals surface area contributed by atoms with Gasteiger partial charge in [-0.05, 0) is 27.2 Å². The number of amides is 1. The van der Waals surface area contributed by atoms with Crippen LogP contribution in [0.15, 0.2) is 0 Å². The van der Waals surface area contributed by atoms with Crippen molar-refractivity contribution in [3.05, 3.63) is 0 Å². The number of aliphatic hydroxyl groups is 1. The summed E-state index contributed by atoms with van der Waals surface area (Å²) in [6.07, 6.45) is 0.402. The first-order chi connectivity index (χ1) is 8.15. The lowest BCUT2D eigenvalue weighted by Gasteiger charge is -2.36. The molecule has 0 saturated heterocycles. The summed E-state index contributed by atoms with van der Waals surface area (Å²) in [5.41, 5.74) is -1.49. The van der Waals surface area contributed by atoms with Crippen LogP contribution in [-0.4, -0.2) is 31.7 Å². The minimum absolute atomic E-state index is 0.207. The van der Waals surface area contributed by atoms with E-state index < -0.39 is 23.9 Å². The molecule has 1 atom stereocenters. The average Bonchev–Trinajstić information content (AvgIpc) is 2.13. The van der Waals surface area contributed by atoms with Crippen LogP contribution in [-0.2, 0) is 9.36 Å². The van der Waals surface area contributed by atoms with Gasteiger partial charge in [-0.3, -0.25) is 9.36 Å².